The maximum atomic E-state index is 13.8. The summed E-state index contributed by atoms with van der Waals surface area (Å²) in [5.41, 5.74) is 0.328. The predicted octanol–water partition coefficient (Wildman–Crippen LogP) is 1.47. The second-order valence-electron chi connectivity index (χ2n) is 9.22. The van der Waals surface area contributed by atoms with Gasteiger partial charge >= 0.3 is 0 Å². The molecule has 198 valence electrons. The van der Waals surface area contributed by atoms with Crippen LogP contribution in [0.2, 0.25) is 0 Å². The molecule has 36 heavy (non-hydrogen) atoms. The van der Waals surface area contributed by atoms with Crippen LogP contribution in [0.25, 0.3) is 0 Å². The lowest BCUT2D eigenvalue weighted by molar-refractivity contribution is -0.0610. The van der Waals surface area contributed by atoms with E-state index in [1.807, 2.05) is 6.07 Å². The second-order valence-corrected chi connectivity index (χ2v) is 9.22. The topological polar surface area (TPSA) is 87.9 Å². The minimum Gasteiger partial charge on any atom is -0.467 e. The van der Waals surface area contributed by atoms with Crippen molar-refractivity contribution in [2.24, 2.45) is 0 Å². The molecule has 0 spiro atoms. The van der Waals surface area contributed by atoms with Gasteiger partial charge in [-0.15, -0.1) is 0 Å². The summed E-state index contributed by atoms with van der Waals surface area (Å²) in [5, 5.41) is 10.4. The van der Waals surface area contributed by atoms with Gasteiger partial charge in [0.1, 0.15) is 18.2 Å². The third kappa shape index (κ3) is 8.36. The van der Waals surface area contributed by atoms with Gasteiger partial charge in [-0.1, -0.05) is 6.07 Å². The van der Waals surface area contributed by atoms with Crippen molar-refractivity contribution in [1.29, 1.82) is 0 Å². The molecule has 1 aromatic heterocycles. The van der Waals surface area contributed by atoms with Crippen LogP contribution < -0.4 is 0 Å². The zero-order valence-corrected chi connectivity index (χ0v) is 20.6. The van der Waals surface area contributed by atoms with E-state index in [0.717, 1.165) is 13.1 Å². The number of aliphatic hydroxyl groups is 1. The monoisotopic (exact) mass is 505 g/mol. The number of β-amino-alcohol motifs (C(OH)–C–C–N with tert-alkyl or cyclic N) is 1. The first-order valence-electron chi connectivity index (χ1n) is 12.5. The number of carbonyl (C=O) groups is 1. The number of carbonyl (C=O) groups excluding carboxylic acids is 1. The Morgan fingerprint density at radius 3 is 2.78 bits per heavy atom. The lowest BCUT2D eigenvalue weighted by Crippen LogP contribution is -2.52. The highest BCUT2D eigenvalue weighted by Crippen LogP contribution is 2.13. The Morgan fingerprint density at radius 1 is 1.17 bits per heavy atom. The van der Waals surface area contributed by atoms with Crippen molar-refractivity contribution in [2.75, 3.05) is 78.8 Å². The largest absolute Gasteiger partial charge is 0.467 e. The van der Waals surface area contributed by atoms with Gasteiger partial charge in [0.15, 0.2) is 0 Å². The minimum absolute atomic E-state index is 0.201. The van der Waals surface area contributed by atoms with E-state index < -0.39 is 11.9 Å². The van der Waals surface area contributed by atoms with Crippen LogP contribution in [0.3, 0.4) is 0 Å². The lowest BCUT2D eigenvalue weighted by atomic mass is 10.1. The van der Waals surface area contributed by atoms with Crippen molar-refractivity contribution < 1.29 is 32.9 Å². The third-order valence-corrected chi connectivity index (χ3v) is 6.40. The van der Waals surface area contributed by atoms with Gasteiger partial charge in [0, 0.05) is 57.9 Å². The first kappa shape index (κ1) is 26.7. The summed E-state index contributed by atoms with van der Waals surface area (Å²) >= 11 is 0. The molecule has 0 aliphatic carbocycles. The molecule has 9 nitrogen and oxygen atoms in total. The number of rotatable bonds is 12. The minimum atomic E-state index is -0.648. The van der Waals surface area contributed by atoms with Crippen molar-refractivity contribution in [3.63, 3.8) is 0 Å². The molecular formula is C26H36FN3O6. The van der Waals surface area contributed by atoms with Crippen molar-refractivity contribution >= 4 is 5.91 Å². The molecule has 0 radical (unpaired) electrons. The Kier molecular flexibility index (Phi) is 10.3. The van der Waals surface area contributed by atoms with Crippen molar-refractivity contribution in [3.05, 3.63) is 59.8 Å². The van der Waals surface area contributed by atoms with Gasteiger partial charge in [-0.05, 0) is 30.3 Å². The number of amides is 1. The molecule has 4 rings (SSSR count). The fourth-order valence-electron chi connectivity index (χ4n) is 4.51. The van der Waals surface area contributed by atoms with Gasteiger partial charge < -0.3 is 28.6 Å². The number of ether oxygens (including phenoxy) is 3. The molecule has 10 heteroatoms. The van der Waals surface area contributed by atoms with Gasteiger partial charge in [-0.25, -0.2) is 4.39 Å². The zero-order chi connectivity index (χ0) is 25.2. The molecule has 0 bridgehead atoms. The Hall–Kier alpha value is -2.34. The molecule has 0 saturated carbocycles. The van der Waals surface area contributed by atoms with E-state index in [4.69, 9.17) is 18.6 Å². The Labute approximate surface area is 211 Å². The summed E-state index contributed by atoms with van der Waals surface area (Å²) < 4.78 is 36.0. The number of morpholine rings is 2. The van der Waals surface area contributed by atoms with E-state index in [2.05, 4.69) is 9.80 Å². The Bertz CT molecular complexity index is 924. The summed E-state index contributed by atoms with van der Waals surface area (Å²) in [5.74, 6) is 0.0703. The maximum absolute atomic E-state index is 13.8. The Morgan fingerprint density at radius 2 is 2.00 bits per heavy atom. The average molecular weight is 506 g/mol. The molecule has 2 aromatic rings. The molecule has 2 aliphatic rings. The first-order valence-corrected chi connectivity index (χ1v) is 12.5. The lowest BCUT2D eigenvalue weighted by Gasteiger charge is -2.37. The van der Waals surface area contributed by atoms with Crippen LogP contribution in [0, 0.1) is 5.82 Å². The van der Waals surface area contributed by atoms with Crippen molar-refractivity contribution in [1.82, 2.24) is 14.7 Å². The average Bonchev–Trinajstić information content (AvgIpc) is 3.40. The smallest absolute Gasteiger partial charge is 0.254 e. The van der Waals surface area contributed by atoms with Crippen LogP contribution in [-0.2, 0) is 20.8 Å². The molecule has 1 aromatic carbocycles. The van der Waals surface area contributed by atoms with Gasteiger partial charge in [-0.3, -0.25) is 14.6 Å². The van der Waals surface area contributed by atoms with E-state index in [9.17, 15) is 14.3 Å². The van der Waals surface area contributed by atoms with Crippen LogP contribution in [0.5, 0.6) is 0 Å². The number of hydrogen-bond donors (Lipinski definition) is 1. The fraction of sp³-hybridized carbons (Fsp3) is 0.577. The van der Waals surface area contributed by atoms with Crippen LogP contribution >= 0.6 is 0 Å². The number of nitrogens with zero attached hydrogens (tertiary/aromatic N) is 3. The van der Waals surface area contributed by atoms with Gasteiger partial charge in [0.25, 0.3) is 5.91 Å². The molecule has 2 atom stereocenters. The van der Waals surface area contributed by atoms with Crippen molar-refractivity contribution in [2.45, 2.75) is 18.8 Å². The normalized spacial score (nSPS) is 20.3. The number of furan rings is 1. The highest BCUT2D eigenvalue weighted by molar-refractivity contribution is 5.94. The molecule has 0 unspecified atom stereocenters. The number of benzene rings is 1. The molecule has 2 saturated heterocycles. The predicted molar refractivity (Wildman–Crippen MR) is 130 cm³/mol. The quantitative estimate of drug-likeness (QED) is 0.464. The summed E-state index contributed by atoms with van der Waals surface area (Å²) in [6.45, 7) is 7.40. The molecule has 3 heterocycles. The molecule has 1 amide bonds. The summed E-state index contributed by atoms with van der Waals surface area (Å²) in [6, 6.07) is 9.43. The molecule has 2 aliphatic heterocycles. The number of aliphatic hydroxyl groups excluding tert-OH is 1. The number of halogens is 1. The van der Waals surface area contributed by atoms with E-state index in [-0.39, 0.29) is 18.6 Å². The van der Waals surface area contributed by atoms with Crippen molar-refractivity contribution in [3.8, 4) is 0 Å². The summed E-state index contributed by atoms with van der Waals surface area (Å²) in [4.78, 5) is 19.4. The zero-order valence-electron chi connectivity index (χ0n) is 20.6. The Balaban J connectivity index is 1.30. The SMILES string of the molecule is O=C(c1cccc(F)c1)N(CCN1CCOCC1)C[C@H]1CN(C[C@@H](O)COCc2ccco2)CCO1. The molecule has 2 fully saturated rings. The third-order valence-electron chi connectivity index (χ3n) is 6.40. The summed E-state index contributed by atoms with van der Waals surface area (Å²) in [7, 11) is 0. The van der Waals surface area contributed by atoms with E-state index in [1.54, 1.807) is 29.4 Å². The fourth-order valence-corrected chi connectivity index (χ4v) is 4.51. The van der Waals surface area contributed by atoms with E-state index >= 15 is 0 Å². The highest BCUT2D eigenvalue weighted by Gasteiger charge is 2.27. The van der Waals surface area contributed by atoms with E-state index in [1.165, 1.54) is 12.1 Å². The first-order chi connectivity index (χ1) is 17.6. The van der Waals surface area contributed by atoms with Crippen LogP contribution in [0.1, 0.15) is 16.1 Å². The van der Waals surface area contributed by atoms with Crippen LogP contribution in [0.4, 0.5) is 4.39 Å². The van der Waals surface area contributed by atoms with Crippen LogP contribution in [0.15, 0.2) is 47.1 Å². The standard InChI is InChI=1S/C26H36FN3O6/c27-22-4-1-3-21(15-22)26(32)30(7-6-28-8-12-33-13-9-28)18-25-17-29(10-14-36-25)16-23(31)19-34-20-24-5-2-11-35-24/h1-5,11,15,23,25,31H,6-10,12-14,16-20H2/t23-,25-/m1/s1. The van der Waals surface area contributed by atoms with Crippen LogP contribution in [-0.4, -0.2) is 117 Å². The van der Waals surface area contributed by atoms with Gasteiger partial charge in [-0.2, -0.15) is 0 Å². The molecular weight excluding hydrogens is 469 g/mol. The van der Waals surface area contributed by atoms with Gasteiger partial charge in [0.05, 0.1) is 44.9 Å². The highest BCUT2D eigenvalue weighted by atomic mass is 19.1. The summed E-state index contributed by atoms with van der Waals surface area (Å²) in [6.07, 6.45) is 0.731. The maximum Gasteiger partial charge on any atom is 0.254 e. The molecule has 1 N–H and O–H groups in total. The number of hydrogen-bond acceptors (Lipinski definition) is 8. The second kappa shape index (κ2) is 13.8. The van der Waals surface area contributed by atoms with E-state index in [0.29, 0.717) is 77.0 Å². The van der Waals surface area contributed by atoms with Gasteiger partial charge in [0.2, 0.25) is 0 Å².